The Hall–Kier alpha value is -2.04. The molecule has 0 amide bonds. The van der Waals surface area contributed by atoms with Crippen molar-refractivity contribution in [3.8, 4) is 6.57 Å². The van der Waals surface area contributed by atoms with E-state index in [4.69, 9.17) is 6.57 Å². The van der Waals surface area contributed by atoms with Gasteiger partial charge in [0.1, 0.15) is 11.3 Å². The number of nitrogens with zero attached hydrogens (tertiary/aromatic N) is 1. The number of aliphatic hydroxyl groups excluding tert-OH is 1. The third-order valence-corrected chi connectivity index (χ3v) is 7.73. The van der Waals surface area contributed by atoms with E-state index in [1.54, 1.807) is 41.5 Å². The zero-order chi connectivity index (χ0) is 22.4. The van der Waals surface area contributed by atoms with Crippen LogP contribution in [0.25, 0.3) is 4.85 Å². The molecule has 3 N–H and O–H groups in total. The van der Waals surface area contributed by atoms with Crippen LogP contribution in [0.5, 0.6) is 0 Å². The maximum Gasteiger partial charge on any atom is 0.309 e. The van der Waals surface area contributed by atoms with Crippen LogP contribution in [-0.4, -0.2) is 49.4 Å². The Morgan fingerprint density at radius 2 is 1.86 bits per heavy atom. The first-order valence-electron chi connectivity index (χ1n) is 9.98. The molecule has 3 rings (SSSR count). The second-order valence-corrected chi connectivity index (χ2v) is 10.4. The summed E-state index contributed by atoms with van der Waals surface area (Å²) in [5.41, 5.74) is -8.83. The van der Waals surface area contributed by atoms with E-state index in [-0.39, 0.29) is 25.2 Å². The van der Waals surface area contributed by atoms with Gasteiger partial charge in [0.15, 0.2) is 17.0 Å². The van der Waals surface area contributed by atoms with Crippen molar-refractivity contribution >= 4 is 17.3 Å². The summed E-state index contributed by atoms with van der Waals surface area (Å²) in [4.78, 5) is 43.1. The molecular formula is C22H30NO6+. The molecule has 0 bridgehead atoms. The molecule has 0 aromatic heterocycles. The van der Waals surface area contributed by atoms with E-state index in [1.807, 2.05) is 0 Å². The van der Waals surface area contributed by atoms with Crippen molar-refractivity contribution in [3.63, 3.8) is 0 Å². The fourth-order valence-electron chi connectivity index (χ4n) is 6.47. The van der Waals surface area contributed by atoms with Crippen LogP contribution < -0.4 is 0 Å². The van der Waals surface area contributed by atoms with Crippen molar-refractivity contribution in [2.24, 2.45) is 22.7 Å². The zero-order valence-corrected chi connectivity index (χ0v) is 17.9. The molecular weight excluding hydrogens is 374 g/mol. The first-order chi connectivity index (χ1) is 13.1. The number of Topliss-reactive ketones (excluding diaryl/α,β-unsaturated/α-hetero) is 3. The van der Waals surface area contributed by atoms with Gasteiger partial charge in [-0.1, -0.05) is 32.5 Å². The van der Waals surface area contributed by atoms with Gasteiger partial charge in [0.25, 0.3) is 6.57 Å². The smallest absolute Gasteiger partial charge is 0.309 e. The maximum atomic E-state index is 13.3. The lowest BCUT2D eigenvalue weighted by Crippen LogP contribution is -2.57. The second-order valence-electron chi connectivity index (χ2n) is 10.4. The van der Waals surface area contributed by atoms with Gasteiger partial charge < -0.3 is 15.3 Å². The van der Waals surface area contributed by atoms with Gasteiger partial charge in [-0.05, 0) is 26.2 Å². The molecule has 0 aromatic rings. The van der Waals surface area contributed by atoms with Gasteiger partial charge in [0.2, 0.25) is 11.4 Å². The Morgan fingerprint density at radius 1 is 1.31 bits per heavy atom. The fraction of sp³-hybridized carbons (Fsp3) is 0.727. The molecule has 2 fully saturated rings. The number of carbonyl (C=O) groups excluding carboxylic acids is 3. The van der Waals surface area contributed by atoms with Gasteiger partial charge in [0, 0.05) is 12.3 Å². The second kappa shape index (κ2) is 5.77. The predicted octanol–water partition coefficient (Wildman–Crippen LogP) is 2.21. The Labute approximate surface area is 170 Å². The Morgan fingerprint density at radius 3 is 2.31 bits per heavy atom. The summed E-state index contributed by atoms with van der Waals surface area (Å²) < 4.78 is 0. The van der Waals surface area contributed by atoms with Gasteiger partial charge in [-0.3, -0.25) is 14.4 Å². The van der Waals surface area contributed by atoms with Crippen LogP contribution in [0, 0.1) is 29.2 Å². The van der Waals surface area contributed by atoms with Crippen LogP contribution >= 0.6 is 0 Å². The number of aliphatic hydroxyl groups is 3. The van der Waals surface area contributed by atoms with E-state index in [0.29, 0.717) is 0 Å². The van der Waals surface area contributed by atoms with Crippen molar-refractivity contribution in [1.82, 2.24) is 0 Å². The largest absolute Gasteiger partial charge is 0.510 e. The average Bonchev–Trinajstić information content (AvgIpc) is 2.98. The molecule has 3 aliphatic rings. The summed E-state index contributed by atoms with van der Waals surface area (Å²) in [5.74, 6) is -3.79. The SMILES string of the molecule is C#[N+][C@@]12CC(=O)[C@@]3(O)C(=O)C(C(=O)CC(C)C)=C(O)[C@]31C[C@H](C(C)(C)O)C2(C)C. The monoisotopic (exact) mass is 404 g/mol. The number of ketones is 3. The van der Waals surface area contributed by atoms with E-state index in [9.17, 15) is 29.7 Å². The molecule has 7 heteroatoms. The van der Waals surface area contributed by atoms with Crippen LogP contribution in [0.2, 0.25) is 0 Å². The molecule has 0 aromatic carbocycles. The van der Waals surface area contributed by atoms with E-state index < -0.39 is 62.2 Å². The highest BCUT2D eigenvalue weighted by molar-refractivity contribution is 6.33. The summed E-state index contributed by atoms with van der Waals surface area (Å²) in [6, 6.07) is 0. The normalized spacial score (nSPS) is 38.4. The molecule has 0 saturated heterocycles. The maximum absolute atomic E-state index is 13.3. The molecule has 0 radical (unpaired) electrons. The lowest BCUT2D eigenvalue weighted by Gasteiger charge is -2.38. The average molecular weight is 404 g/mol. The Balaban J connectivity index is 2.38. The van der Waals surface area contributed by atoms with Crippen molar-refractivity contribution in [2.75, 3.05) is 0 Å². The van der Waals surface area contributed by atoms with Gasteiger partial charge in [0.05, 0.1) is 17.4 Å². The van der Waals surface area contributed by atoms with Crippen LogP contribution in [-0.2, 0) is 14.4 Å². The molecule has 7 nitrogen and oxygen atoms in total. The minimum atomic E-state index is -2.63. The molecule has 4 atom stereocenters. The van der Waals surface area contributed by atoms with E-state index in [1.165, 1.54) is 0 Å². The van der Waals surface area contributed by atoms with Gasteiger partial charge >= 0.3 is 5.54 Å². The standard InChI is InChI=1S/C22H29NO6/c1-11(2)8-12(24)15-16(26)20-9-13(19(5,6)28)18(3,4)21(20,23-7)10-14(25)22(20,29)17(15)27/h7,11,13,28-29H,8-10H2,1-6H3/p+1/t13-,20-,21+,22+/m0/s1. The predicted molar refractivity (Wildman–Crippen MR) is 105 cm³/mol. The molecule has 1 spiro atoms. The summed E-state index contributed by atoms with van der Waals surface area (Å²) in [7, 11) is 0. The molecule has 3 aliphatic carbocycles. The third-order valence-electron chi connectivity index (χ3n) is 7.73. The number of hydrogen-bond donors (Lipinski definition) is 3. The molecule has 0 unspecified atom stereocenters. The van der Waals surface area contributed by atoms with E-state index in [0.717, 1.165) is 0 Å². The van der Waals surface area contributed by atoms with Gasteiger partial charge in [-0.25, -0.2) is 0 Å². The molecule has 2 saturated carbocycles. The first kappa shape index (κ1) is 21.7. The van der Waals surface area contributed by atoms with Gasteiger partial charge in [-0.15, -0.1) is 0 Å². The van der Waals surface area contributed by atoms with Crippen LogP contribution in [0.1, 0.15) is 60.8 Å². The van der Waals surface area contributed by atoms with Crippen molar-refractivity contribution in [1.29, 1.82) is 0 Å². The lowest BCUT2D eigenvalue weighted by atomic mass is 9.61. The summed E-state index contributed by atoms with van der Waals surface area (Å²) in [6.45, 7) is 16.1. The fourth-order valence-corrected chi connectivity index (χ4v) is 6.47. The summed E-state index contributed by atoms with van der Waals surface area (Å²) in [5, 5.41) is 33.6. The highest BCUT2D eigenvalue weighted by Gasteiger charge is 2.94. The van der Waals surface area contributed by atoms with Crippen LogP contribution in [0.4, 0.5) is 0 Å². The van der Waals surface area contributed by atoms with E-state index in [2.05, 4.69) is 4.85 Å². The van der Waals surface area contributed by atoms with Crippen molar-refractivity contribution in [2.45, 2.75) is 77.5 Å². The Kier molecular flexibility index (Phi) is 4.31. The van der Waals surface area contributed by atoms with Crippen molar-refractivity contribution < 1.29 is 29.7 Å². The molecule has 158 valence electrons. The topological polar surface area (TPSA) is 116 Å². The quantitative estimate of drug-likeness (QED) is 0.489. The highest BCUT2D eigenvalue weighted by atomic mass is 16.3. The zero-order valence-electron chi connectivity index (χ0n) is 17.9. The minimum Gasteiger partial charge on any atom is -0.510 e. The highest BCUT2D eigenvalue weighted by Crippen LogP contribution is 2.76. The lowest BCUT2D eigenvalue weighted by molar-refractivity contribution is -0.154. The Bertz CT molecular complexity index is 901. The van der Waals surface area contributed by atoms with Crippen LogP contribution in [0.15, 0.2) is 11.3 Å². The number of hydrogen-bond acceptors (Lipinski definition) is 6. The summed E-state index contributed by atoms with van der Waals surface area (Å²) >= 11 is 0. The molecule has 0 aliphatic heterocycles. The molecule has 29 heavy (non-hydrogen) atoms. The third kappa shape index (κ3) is 2.11. The summed E-state index contributed by atoms with van der Waals surface area (Å²) in [6.07, 6.45) is -0.486. The number of rotatable bonds is 4. The number of carbonyl (C=O) groups is 3. The van der Waals surface area contributed by atoms with E-state index >= 15 is 0 Å². The minimum absolute atomic E-state index is 0.0173. The molecule has 0 heterocycles. The van der Waals surface area contributed by atoms with Crippen LogP contribution in [0.3, 0.4) is 0 Å². The first-order valence-corrected chi connectivity index (χ1v) is 9.98. The van der Waals surface area contributed by atoms with Gasteiger partial charge in [-0.2, -0.15) is 0 Å². The van der Waals surface area contributed by atoms with Crippen molar-refractivity contribution in [3.05, 3.63) is 16.2 Å².